The molecule has 150 valence electrons. The first-order valence-corrected chi connectivity index (χ1v) is 9.99. The molecule has 10 heteroatoms. The molecule has 0 radical (unpaired) electrons. The van der Waals surface area contributed by atoms with Gasteiger partial charge in [-0.05, 0) is 19.1 Å². The van der Waals surface area contributed by atoms with E-state index in [-0.39, 0.29) is 48.2 Å². The number of nitrogens with one attached hydrogen (secondary N) is 2. The summed E-state index contributed by atoms with van der Waals surface area (Å²) < 4.78 is 46.2. The maximum atomic E-state index is 13.5. The quantitative estimate of drug-likeness (QED) is 0.218. The molecule has 0 aromatic heterocycles. The second-order valence-electron chi connectivity index (χ2n) is 5.48. The molecule has 0 aliphatic carbocycles. The van der Waals surface area contributed by atoms with Crippen molar-refractivity contribution in [3.05, 3.63) is 30.1 Å². The van der Waals surface area contributed by atoms with Crippen LogP contribution in [0.5, 0.6) is 5.75 Å². The van der Waals surface area contributed by atoms with E-state index < -0.39 is 15.7 Å². The highest BCUT2D eigenvalue weighted by molar-refractivity contribution is 14.0. The van der Waals surface area contributed by atoms with Gasteiger partial charge in [0.25, 0.3) is 0 Å². The number of nitrogens with zero attached hydrogens (tertiary/aromatic N) is 1. The average molecular weight is 503 g/mol. The third-order valence-corrected chi connectivity index (χ3v) is 3.99. The third kappa shape index (κ3) is 11.5. The summed E-state index contributed by atoms with van der Waals surface area (Å²) in [6.07, 6.45) is 0.909. The van der Waals surface area contributed by atoms with Gasteiger partial charge >= 0.3 is 0 Å². The van der Waals surface area contributed by atoms with Crippen LogP contribution in [0.25, 0.3) is 0 Å². The summed E-state index contributed by atoms with van der Waals surface area (Å²) in [7, 11) is -1.37. The van der Waals surface area contributed by atoms with Crippen LogP contribution in [0.3, 0.4) is 0 Å². The van der Waals surface area contributed by atoms with Crippen LogP contribution in [0.15, 0.2) is 29.3 Å². The lowest BCUT2D eigenvalue weighted by molar-refractivity contribution is 0.154. The predicted octanol–water partition coefficient (Wildman–Crippen LogP) is 1.44. The molecule has 1 aromatic rings. The van der Waals surface area contributed by atoms with Gasteiger partial charge in [-0.2, -0.15) is 0 Å². The van der Waals surface area contributed by atoms with Crippen molar-refractivity contribution in [2.45, 2.75) is 13.0 Å². The van der Waals surface area contributed by atoms with Crippen LogP contribution in [0.2, 0.25) is 0 Å². The topological polar surface area (TPSA) is 89.0 Å². The molecule has 1 aromatic carbocycles. The number of sulfone groups is 1. The number of aliphatic imine (C=N–C) groups is 1. The Morgan fingerprint density at radius 3 is 2.58 bits per heavy atom. The average Bonchev–Trinajstić information content (AvgIpc) is 2.54. The van der Waals surface area contributed by atoms with Crippen LogP contribution < -0.4 is 15.4 Å². The highest BCUT2D eigenvalue weighted by Gasteiger charge is 2.08. The largest absolute Gasteiger partial charge is 0.486 e. The van der Waals surface area contributed by atoms with Crippen molar-refractivity contribution in [2.75, 3.05) is 45.4 Å². The maximum Gasteiger partial charge on any atom is 0.191 e. The van der Waals surface area contributed by atoms with E-state index in [1.807, 2.05) is 6.92 Å². The molecule has 0 fully saturated rings. The molecule has 0 spiro atoms. The molecular formula is C16H27FIN3O4S. The summed E-state index contributed by atoms with van der Waals surface area (Å²) in [6, 6.07) is 6.24. The van der Waals surface area contributed by atoms with Crippen molar-refractivity contribution in [3.8, 4) is 5.75 Å². The highest BCUT2D eigenvalue weighted by Crippen LogP contribution is 2.16. The number of benzene rings is 1. The summed E-state index contributed by atoms with van der Waals surface area (Å²) in [4.78, 5) is 4.06. The lowest BCUT2D eigenvalue weighted by Gasteiger charge is -2.18. The van der Waals surface area contributed by atoms with Gasteiger partial charge in [-0.3, -0.25) is 4.99 Å². The Labute approximate surface area is 171 Å². The Bertz CT molecular complexity index is 659. The van der Waals surface area contributed by atoms with E-state index in [0.29, 0.717) is 25.7 Å². The van der Waals surface area contributed by atoms with Gasteiger partial charge in [0.05, 0.1) is 25.5 Å². The van der Waals surface area contributed by atoms with Crippen LogP contribution in [-0.4, -0.2) is 65.8 Å². The molecule has 0 saturated carbocycles. The fraction of sp³-hybridized carbons (Fsp3) is 0.562. The van der Waals surface area contributed by atoms with Gasteiger partial charge in [0.2, 0.25) is 0 Å². The molecule has 1 atom stereocenters. The van der Waals surface area contributed by atoms with E-state index >= 15 is 0 Å². The molecule has 0 heterocycles. The number of rotatable bonds is 10. The number of hydrogen-bond acceptors (Lipinski definition) is 5. The van der Waals surface area contributed by atoms with Gasteiger partial charge in [0.15, 0.2) is 17.5 Å². The SMILES string of the molecule is CN=C(NCCOCCS(C)(=O)=O)NCC(C)Oc1ccccc1F.I. The van der Waals surface area contributed by atoms with Crippen LogP contribution in [-0.2, 0) is 14.6 Å². The van der Waals surface area contributed by atoms with Gasteiger partial charge in [-0.15, -0.1) is 24.0 Å². The molecule has 2 N–H and O–H groups in total. The number of hydrogen-bond donors (Lipinski definition) is 2. The molecule has 0 aliphatic heterocycles. The zero-order valence-electron chi connectivity index (χ0n) is 15.2. The van der Waals surface area contributed by atoms with Crippen LogP contribution >= 0.6 is 24.0 Å². The van der Waals surface area contributed by atoms with E-state index in [1.165, 1.54) is 12.3 Å². The molecule has 0 aliphatic rings. The van der Waals surface area contributed by atoms with Crippen molar-refractivity contribution < 1.29 is 22.3 Å². The molecule has 0 saturated heterocycles. The summed E-state index contributed by atoms with van der Waals surface area (Å²) in [5.74, 6) is 0.364. The molecule has 26 heavy (non-hydrogen) atoms. The first-order chi connectivity index (χ1) is 11.8. The van der Waals surface area contributed by atoms with Gasteiger partial charge < -0.3 is 20.1 Å². The van der Waals surface area contributed by atoms with Crippen molar-refractivity contribution in [3.63, 3.8) is 0 Å². The normalized spacial score (nSPS) is 12.8. The molecule has 7 nitrogen and oxygen atoms in total. The van der Waals surface area contributed by atoms with Gasteiger partial charge in [0.1, 0.15) is 15.9 Å². The Morgan fingerprint density at radius 2 is 1.96 bits per heavy atom. The van der Waals surface area contributed by atoms with Gasteiger partial charge in [-0.1, -0.05) is 12.1 Å². The molecule has 0 bridgehead atoms. The fourth-order valence-corrected chi connectivity index (χ4v) is 2.23. The maximum absolute atomic E-state index is 13.5. The second-order valence-corrected chi connectivity index (χ2v) is 7.74. The third-order valence-electron chi connectivity index (χ3n) is 3.08. The van der Waals surface area contributed by atoms with Crippen LogP contribution in [0, 0.1) is 5.82 Å². The van der Waals surface area contributed by atoms with E-state index in [9.17, 15) is 12.8 Å². The minimum atomic E-state index is -3.00. The Kier molecular flexibility index (Phi) is 12.5. The van der Waals surface area contributed by atoms with E-state index in [0.717, 1.165) is 0 Å². The molecule has 1 unspecified atom stereocenters. The van der Waals surface area contributed by atoms with E-state index in [4.69, 9.17) is 9.47 Å². The minimum absolute atomic E-state index is 0. The van der Waals surface area contributed by atoms with Crippen molar-refractivity contribution in [1.82, 2.24) is 10.6 Å². The fourth-order valence-electron chi connectivity index (χ4n) is 1.81. The van der Waals surface area contributed by atoms with Crippen molar-refractivity contribution in [2.24, 2.45) is 4.99 Å². The number of ether oxygens (including phenoxy) is 2. The van der Waals surface area contributed by atoms with Gasteiger partial charge in [0, 0.05) is 19.8 Å². The number of halogens is 2. The summed E-state index contributed by atoms with van der Waals surface area (Å²) in [6.45, 7) is 3.26. The van der Waals surface area contributed by atoms with E-state index in [1.54, 1.807) is 25.2 Å². The molecule has 1 rings (SSSR count). The second kappa shape index (κ2) is 13.1. The smallest absolute Gasteiger partial charge is 0.191 e. The Hall–Kier alpha value is -1.14. The summed E-state index contributed by atoms with van der Waals surface area (Å²) in [5, 5.41) is 6.10. The Morgan fingerprint density at radius 1 is 1.27 bits per heavy atom. The van der Waals surface area contributed by atoms with Crippen molar-refractivity contribution >= 4 is 39.8 Å². The van der Waals surface area contributed by atoms with Crippen molar-refractivity contribution in [1.29, 1.82) is 0 Å². The molecular weight excluding hydrogens is 476 g/mol. The van der Waals surface area contributed by atoms with Gasteiger partial charge in [-0.25, -0.2) is 12.8 Å². The van der Waals surface area contributed by atoms with Crippen LogP contribution in [0.1, 0.15) is 6.92 Å². The molecule has 0 amide bonds. The minimum Gasteiger partial charge on any atom is -0.486 e. The lowest BCUT2D eigenvalue weighted by Crippen LogP contribution is -2.43. The summed E-state index contributed by atoms with van der Waals surface area (Å²) in [5.41, 5.74) is 0. The highest BCUT2D eigenvalue weighted by atomic mass is 127. The first-order valence-electron chi connectivity index (χ1n) is 7.93. The first kappa shape index (κ1) is 24.9. The zero-order chi connectivity index (χ0) is 18.7. The standard InChI is InChI=1S/C16H26FN3O4S.HI/c1-13(24-15-7-5-4-6-14(15)17)12-20-16(18-2)19-8-9-23-10-11-25(3,21)22;/h4-7,13H,8-12H2,1-3H3,(H2,18,19,20);1H. The van der Waals surface area contributed by atoms with Crippen LogP contribution in [0.4, 0.5) is 4.39 Å². The monoisotopic (exact) mass is 503 g/mol. The van der Waals surface area contributed by atoms with E-state index in [2.05, 4.69) is 15.6 Å². The number of guanidine groups is 1. The Balaban J connectivity index is 0.00000625. The summed E-state index contributed by atoms with van der Waals surface area (Å²) >= 11 is 0. The number of para-hydroxylation sites is 1. The lowest BCUT2D eigenvalue weighted by atomic mass is 10.3. The predicted molar refractivity (Wildman–Crippen MR) is 112 cm³/mol. The zero-order valence-corrected chi connectivity index (χ0v) is 18.3.